The number of benzene rings is 1. The molecule has 1 aliphatic rings. The minimum Gasteiger partial charge on any atom is -0.441 e. The molecule has 21 heavy (non-hydrogen) atoms. The monoisotopic (exact) mass is 308 g/mol. The van der Waals surface area contributed by atoms with Crippen LogP contribution in [0.1, 0.15) is 12.3 Å². The average molecular weight is 308 g/mol. The van der Waals surface area contributed by atoms with Gasteiger partial charge in [0.1, 0.15) is 5.52 Å². The molecular formula is C14H16N2O4S. The van der Waals surface area contributed by atoms with Crippen molar-refractivity contribution < 1.29 is 17.6 Å². The van der Waals surface area contributed by atoms with Crippen molar-refractivity contribution in [3.05, 3.63) is 30.2 Å². The zero-order valence-corrected chi connectivity index (χ0v) is 12.2. The summed E-state index contributed by atoms with van der Waals surface area (Å²) in [6.07, 6.45) is 0.900. The molecule has 0 spiro atoms. The number of amides is 1. The number of nitrogens with zero attached hydrogens (tertiary/aromatic N) is 1. The van der Waals surface area contributed by atoms with Gasteiger partial charge in [0.25, 0.3) is 0 Å². The van der Waals surface area contributed by atoms with Gasteiger partial charge in [-0.25, -0.2) is 13.4 Å². The van der Waals surface area contributed by atoms with Gasteiger partial charge < -0.3 is 9.73 Å². The number of nitrogens with one attached hydrogen (secondary N) is 1. The Labute approximate surface area is 122 Å². The van der Waals surface area contributed by atoms with Crippen LogP contribution in [0.4, 0.5) is 0 Å². The molecule has 0 aliphatic carbocycles. The van der Waals surface area contributed by atoms with Crippen LogP contribution < -0.4 is 5.32 Å². The SMILES string of the molecule is O=C(NCCc1nc2ccccc2o1)C1CCS(=O)(=O)C1. The first-order chi connectivity index (χ1) is 10.0. The average Bonchev–Trinajstić information content (AvgIpc) is 3.01. The third kappa shape index (κ3) is 3.24. The van der Waals surface area contributed by atoms with Gasteiger partial charge in [-0.15, -0.1) is 0 Å². The van der Waals surface area contributed by atoms with E-state index in [0.29, 0.717) is 25.3 Å². The smallest absolute Gasteiger partial charge is 0.224 e. The Hall–Kier alpha value is -1.89. The second-order valence-corrected chi connectivity index (χ2v) is 7.45. The molecule has 1 atom stereocenters. The minimum absolute atomic E-state index is 0.0400. The summed E-state index contributed by atoms with van der Waals surface area (Å²) in [5.41, 5.74) is 1.52. The van der Waals surface area contributed by atoms with Gasteiger partial charge in [0.2, 0.25) is 5.91 Å². The standard InChI is InChI=1S/C14H16N2O4S/c17-14(10-6-8-21(18,19)9-10)15-7-5-13-16-11-3-1-2-4-12(11)20-13/h1-4,10H,5-9H2,(H,15,17). The van der Waals surface area contributed by atoms with Crippen molar-refractivity contribution in [3.8, 4) is 0 Å². The Kier molecular flexibility index (Phi) is 3.67. The first kappa shape index (κ1) is 14.1. The van der Waals surface area contributed by atoms with Gasteiger partial charge in [0.05, 0.1) is 17.4 Å². The zero-order chi connectivity index (χ0) is 14.9. The number of hydrogen-bond donors (Lipinski definition) is 1. The summed E-state index contributed by atoms with van der Waals surface area (Å²) in [7, 11) is -3.03. The van der Waals surface area contributed by atoms with Crippen molar-refractivity contribution in [2.75, 3.05) is 18.1 Å². The lowest BCUT2D eigenvalue weighted by molar-refractivity contribution is -0.124. The van der Waals surface area contributed by atoms with E-state index in [-0.39, 0.29) is 17.4 Å². The zero-order valence-electron chi connectivity index (χ0n) is 11.4. The topological polar surface area (TPSA) is 89.3 Å². The normalized spacial score (nSPS) is 20.7. The fraction of sp³-hybridized carbons (Fsp3) is 0.429. The molecule has 2 heterocycles. The molecule has 1 N–H and O–H groups in total. The highest BCUT2D eigenvalue weighted by Gasteiger charge is 2.32. The van der Waals surface area contributed by atoms with Gasteiger partial charge in [-0.05, 0) is 18.6 Å². The number of aromatic nitrogens is 1. The van der Waals surface area contributed by atoms with E-state index in [1.807, 2.05) is 24.3 Å². The van der Waals surface area contributed by atoms with Gasteiger partial charge in [-0.3, -0.25) is 4.79 Å². The Bertz CT molecular complexity index is 733. The fourth-order valence-electron chi connectivity index (χ4n) is 2.47. The lowest BCUT2D eigenvalue weighted by Crippen LogP contribution is -2.32. The number of para-hydroxylation sites is 2. The number of fused-ring (bicyclic) bond motifs is 1. The molecule has 0 saturated carbocycles. The van der Waals surface area contributed by atoms with Gasteiger partial charge in [0, 0.05) is 13.0 Å². The molecule has 3 rings (SSSR count). The summed E-state index contributed by atoms with van der Waals surface area (Å²) in [5.74, 6) is 0.0131. The number of rotatable bonds is 4. The first-order valence-corrected chi connectivity index (χ1v) is 8.68. The van der Waals surface area contributed by atoms with Crippen molar-refractivity contribution in [3.63, 3.8) is 0 Å². The highest BCUT2D eigenvalue weighted by atomic mass is 32.2. The summed E-state index contributed by atoms with van der Waals surface area (Å²) >= 11 is 0. The molecule has 1 aromatic carbocycles. The minimum atomic E-state index is -3.03. The third-order valence-electron chi connectivity index (χ3n) is 3.58. The third-order valence-corrected chi connectivity index (χ3v) is 5.35. The van der Waals surface area contributed by atoms with Crippen molar-refractivity contribution in [1.29, 1.82) is 0 Å². The Balaban J connectivity index is 1.53. The molecule has 1 amide bonds. The number of hydrogen-bond acceptors (Lipinski definition) is 5. The maximum Gasteiger partial charge on any atom is 0.224 e. The van der Waals surface area contributed by atoms with E-state index in [1.165, 1.54) is 0 Å². The van der Waals surface area contributed by atoms with Crippen molar-refractivity contribution in [2.45, 2.75) is 12.8 Å². The van der Waals surface area contributed by atoms with E-state index in [9.17, 15) is 13.2 Å². The number of sulfone groups is 1. The Morgan fingerprint density at radius 2 is 2.19 bits per heavy atom. The molecule has 112 valence electrons. The summed E-state index contributed by atoms with van der Waals surface area (Å²) in [6, 6.07) is 7.47. The van der Waals surface area contributed by atoms with Crippen LogP contribution in [-0.2, 0) is 21.1 Å². The molecule has 0 radical (unpaired) electrons. The van der Waals surface area contributed by atoms with Crippen LogP contribution in [0.25, 0.3) is 11.1 Å². The molecule has 0 bridgehead atoms. The lowest BCUT2D eigenvalue weighted by atomic mass is 10.1. The van der Waals surface area contributed by atoms with Crippen molar-refractivity contribution in [1.82, 2.24) is 10.3 Å². The Morgan fingerprint density at radius 1 is 1.38 bits per heavy atom. The second-order valence-electron chi connectivity index (χ2n) is 5.22. The van der Waals surface area contributed by atoms with E-state index in [2.05, 4.69) is 10.3 Å². The molecule has 1 saturated heterocycles. The number of oxazole rings is 1. The predicted molar refractivity (Wildman–Crippen MR) is 77.5 cm³/mol. The molecule has 1 fully saturated rings. The van der Waals surface area contributed by atoms with Crippen LogP contribution in [0.2, 0.25) is 0 Å². The van der Waals surface area contributed by atoms with Crippen LogP contribution in [0, 0.1) is 5.92 Å². The highest BCUT2D eigenvalue weighted by Crippen LogP contribution is 2.18. The number of carbonyl (C=O) groups excluding carboxylic acids is 1. The highest BCUT2D eigenvalue weighted by molar-refractivity contribution is 7.91. The van der Waals surface area contributed by atoms with Crippen molar-refractivity contribution >= 4 is 26.8 Å². The van der Waals surface area contributed by atoms with Crippen LogP contribution in [0.3, 0.4) is 0 Å². The van der Waals surface area contributed by atoms with Crippen LogP contribution in [-0.4, -0.2) is 37.4 Å². The van der Waals surface area contributed by atoms with E-state index in [4.69, 9.17) is 4.42 Å². The number of carbonyl (C=O) groups is 1. The van der Waals surface area contributed by atoms with Gasteiger partial charge >= 0.3 is 0 Å². The second kappa shape index (κ2) is 5.48. The van der Waals surface area contributed by atoms with E-state index >= 15 is 0 Å². The van der Waals surface area contributed by atoms with Gasteiger partial charge in [0.15, 0.2) is 21.3 Å². The molecule has 7 heteroatoms. The first-order valence-electron chi connectivity index (χ1n) is 6.86. The molecular weight excluding hydrogens is 292 g/mol. The predicted octanol–water partition coefficient (Wildman–Crippen LogP) is 0.921. The van der Waals surface area contributed by atoms with E-state index in [0.717, 1.165) is 11.1 Å². The fourth-order valence-corrected chi connectivity index (χ4v) is 4.21. The summed E-state index contributed by atoms with van der Waals surface area (Å²) in [5, 5.41) is 2.75. The summed E-state index contributed by atoms with van der Waals surface area (Å²) in [6.45, 7) is 0.391. The quantitative estimate of drug-likeness (QED) is 0.907. The van der Waals surface area contributed by atoms with Crippen LogP contribution >= 0.6 is 0 Å². The van der Waals surface area contributed by atoms with Gasteiger partial charge in [-0.2, -0.15) is 0 Å². The molecule has 1 aliphatic heterocycles. The van der Waals surface area contributed by atoms with E-state index in [1.54, 1.807) is 0 Å². The summed E-state index contributed by atoms with van der Waals surface area (Å²) in [4.78, 5) is 16.2. The van der Waals surface area contributed by atoms with E-state index < -0.39 is 15.8 Å². The lowest BCUT2D eigenvalue weighted by Gasteiger charge is -2.07. The maximum atomic E-state index is 11.9. The van der Waals surface area contributed by atoms with Gasteiger partial charge in [-0.1, -0.05) is 12.1 Å². The van der Waals surface area contributed by atoms with Crippen LogP contribution in [0.5, 0.6) is 0 Å². The molecule has 1 unspecified atom stereocenters. The maximum absolute atomic E-state index is 11.9. The van der Waals surface area contributed by atoms with Crippen molar-refractivity contribution in [2.24, 2.45) is 5.92 Å². The largest absolute Gasteiger partial charge is 0.441 e. The summed E-state index contributed by atoms with van der Waals surface area (Å²) < 4.78 is 28.2. The molecule has 6 nitrogen and oxygen atoms in total. The Morgan fingerprint density at radius 3 is 2.90 bits per heavy atom. The van der Waals surface area contributed by atoms with Crippen LogP contribution in [0.15, 0.2) is 28.7 Å². The molecule has 1 aromatic heterocycles. The molecule has 2 aromatic rings.